The van der Waals surface area contributed by atoms with E-state index in [0.717, 1.165) is 22.5 Å². The van der Waals surface area contributed by atoms with Crippen molar-refractivity contribution in [3.05, 3.63) is 59.7 Å². The number of para-hydroxylation sites is 1. The lowest BCUT2D eigenvalue weighted by Crippen LogP contribution is -2.35. The Hall–Kier alpha value is -2.82. The number of carbonyl (C=O) groups is 1. The van der Waals surface area contributed by atoms with Gasteiger partial charge in [0.25, 0.3) is 5.91 Å². The van der Waals surface area contributed by atoms with Crippen LogP contribution in [0.5, 0.6) is 0 Å². The molecule has 2 rings (SSSR count). The molecule has 0 saturated carbocycles. The molecule has 24 heavy (non-hydrogen) atoms. The number of rotatable bonds is 6. The molecule has 126 valence electrons. The summed E-state index contributed by atoms with van der Waals surface area (Å²) in [6, 6.07) is 15.4. The Balaban J connectivity index is 1.88. The van der Waals surface area contributed by atoms with Crippen LogP contribution in [0.4, 0.5) is 11.4 Å². The van der Waals surface area contributed by atoms with Gasteiger partial charge in [0.05, 0.1) is 6.21 Å². The molecule has 0 aliphatic carbocycles. The molecule has 0 aromatic heterocycles. The molecule has 0 unspecified atom stereocenters. The molecular formula is C19H24N4O. The summed E-state index contributed by atoms with van der Waals surface area (Å²) in [4.78, 5) is 14.1. The van der Waals surface area contributed by atoms with Crippen molar-refractivity contribution in [1.29, 1.82) is 0 Å². The van der Waals surface area contributed by atoms with Crippen molar-refractivity contribution in [2.75, 3.05) is 24.3 Å². The third-order valence-electron chi connectivity index (χ3n) is 3.71. The number of carbonyl (C=O) groups excluding carboxylic acids is 1. The Labute approximate surface area is 143 Å². The molecule has 0 aliphatic rings. The Morgan fingerprint density at radius 1 is 1.12 bits per heavy atom. The van der Waals surface area contributed by atoms with Gasteiger partial charge in [-0.05, 0) is 43.2 Å². The number of amides is 1. The lowest BCUT2D eigenvalue weighted by molar-refractivity contribution is -0.121. The third-order valence-corrected chi connectivity index (χ3v) is 3.71. The van der Waals surface area contributed by atoms with Crippen LogP contribution < -0.4 is 15.6 Å². The maximum atomic E-state index is 12.1. The molecule has 1 amide bonds. The number of nitrogens with one attached hydrogen (secondary N) is 2. The summed E-state index contributed by atoms with van der Waals surface area (Å²) in [5.41, 5.74) is 6.66. The largest absolute Gasteiger partial charge is 0.378 e. The fourth-order valence-corrected chi connectivity index (χ4v) is 2.16. The number of benzene rings is 2. The van der Waals surface area contributed by atoms with Crippen molar-refractivity contribution in [1.82, 2.24) is 5.43 Å². The first-order valence-electron chi connectivity index (χ1n) is 7.90. The summed E-state index contributed by atoms with van der Waals surface area (Å²) < 4.78 is 0. The number of nitrogens with zero attached hydrogens (tertiary/aromatic N) is 2. The van der Waals surface area contributed by atoms with Crippen molar-refractivity contribution < 1.29 is 4.79 Å². The van der Waals surface area contributed by atoms with Gasteiger partial charge in [-0.15, -0.1) is 0 Å². The van der Waals surface area contributed by atoms with Gasteiger partial charge in [0.1, 0.15) is 6.04 Å². The van der Waals surface area contributed by atoms with Gasteiger partial charge >= 0.3 is 0 Å². The molecule has 0 radical (unpaired) electrons. The van der Waals surface area contributed by atoms with E-state index in [9.17, 15) is 4.79 Å². The first kappa shape index (κ1) is 17.5. The van der Waals surface area contributed by atoms with Gasteiger partial charge in [0, 0.05) is 25.5 Å². The van der Waals surface area contributed by atoms with E-state index in [1.54, 1.807) is 6.21 Å². The summed E-state index contributed by atoms with van der Waals surface area (Å²) in [5, 5.41) is 7.21. The quantitative estimate of drug-likeness (QED) is 0.634. The molecule has 5 nitrogen and oxygen atoms in total. The van der Waals surface area contributed by atoms with Gasteiger partial charge < -0.3 is 10.2 Å². The SMILES string of the molecule is Cc1ccccc1N[C@@H](C)C(=O)N/N=C\c1ccc(N(C)C)cc1. The Kier molecular flexibility index (Phi) is 5.95. The van der Waals surface area contributed by atoms with E-state index in [2.05, 4.69) is 15.8 Å². The van der Waals surface area contributed by atoms with Crippen LogP contribution in [0.1, 0.15) is 18.1 Å². The highest BCUT2D eigenvalue weighted by Crippen LogP contribution is 2.14. The molecule has 2 aromatic rings. The minimum Gasteiger partial charge on any atom is -0.378 e. The van der Waals surface area contributed by atoms with Crippen molar-refractivity contribution in [3.8, 4) is 0 Å². The Bertz CT molecular complexity index is 708. The highest BCUT2D eigenvalue weighted by molar-refractivity contribution is 5.86. The van der Waals surface area contributed by atoms with Crippen LogP contribution in [0, 0.1) is 6.92 Å². The molecule has 2 N–H and O–H groups in total. The van der Waals surface area contributed by atoms with Crippen LogP contribution in [0.15, 0.2) is 53.6 Å². The molecule has 0 bridgehead atoms. The van der Waals surface area contributed by atoms with E-state index >= 15 is 0 Å². The van der Waals surface area contributed by atoms with Gasteiger partial charge in [-0.2, -0.15) is 5.10 Å². The second-order valence-corrected chi connectivity index (χ2v) is 5.90. The average Bonchev–Trinajstić information content (AvgIpc) is 2.57. The molecule has 2 aromatic carbocycles. The van der Waals surface area contributed by atoms with Gasteiger partial charge in [0.15, 0.2) is 0 Å². The van der Waals surface area contributed by atoms with Gasteiger partial charge in [0.2, 0.25) is 0 Å². The van der Waals surface area contributed by atoms with Crippen molar-refractivity contribution in [2.45, 2.75) is 19.9 Å². The maximum absolute atomic E-state index is 12.1. The molecule has 0 saturated heterocycles. The van der Waals surface area contributed by atoms with E-state index in [1.165, 1.54) is 0 Å². The molecule has 5 heteroatoms. The summed E-state index contributed by atoms with van der Waals surface area (Å²) in [5.74, 6) is -0.181. The number of aryl methyl sites for hydroxylation is 1. The van der Waals surface area contributed by atoms with Crippen LogP contribution in [0.3, 0.4) is 0 Å². The van der Waals surface area contributed by atoms with Crippen LogP contribution in [-0.2, 0) is 4.79 Å². The fraction of sp³-hybridized carbons (Fsp3) is 0.263. The third kappa shape index (κ3) is 4.84. The zero-order chi connectivity index (χ0) is 17.5. The topological polar surface area (TPSA) is 56.7 Å². The van der Waals surface area contributed by atoms with Crippen LogP contribution in [0.2, 0.25) is 0 Å². The van der Waals surface area contributed by atoms with E-state index in [-0.39, 0.29) is 11.9 Å². The molecule has 0 aliphatic heterocycles. The van der Waals surface area contributed by atoms with Crippen LogP contribution in [0.25, 0.3) is 0 Å². The van der Waals surface area contributed by atoms with E-state index in [0.29, 0.717) is 0 Å². The van der Waals surface area contributed by atoms with E-state index in [1.807, 2.05) is 81.4 Å². The van der Waals surface area contributed by atoms with Gasteiger partial charge in [-0.1, -0.05) is 30.3 Å². The van der Waals surface area contributed by atoms with Crippen molar-refractivity contribution in [3.63, 3.8) is 0 Å². The standard InChI is InChI=1S/C19H24N4O/c1-14-7-5-6-8-18(14)21-15(2)19(24)22-20-13-16-9-11-17(12-10-16)23(3)4/h5-13,15,21H,1-4H3,(H,22,24)/b20-13-/t15-/m0/s1. The summed E-state index contributed by atoms with van der Waals surface area (Å²) in [7, 11) is 3.98. The number of hydrogen-bond acceptors (Lipinski definition) is 4. The molecule has 0 heterocycles. The smallest absolute Gasteiger partial charge is 0.262 e. The normalized spacial score (nSPS) is 12.0. The number of hydrazone groups is 1. The minimum absolute atomic E-state index is 0.181. The highest BCUT2D eigenvalue weighted by atomic mass is 16.2. The number of hydrogen-bond donors (Lipinski definition) is 2. The summed E-state index contributed by atoms with van der Waals surface area (Å²) >= 11 is 0. The molecule has 1 atom stereocenters. The van der Waals surface area contributed by atoms with Crippen molar-refractivity contribution in [2.24, 2.45) is 5.10 Å². The van der Waals surface area contributed by atoms with Gasteiger partial charge in [-0.3, -0.25) is 4.79 Å². The molecular weight excluding hydrogens is 300 g/mol. The summed E-state index contributed by atoms with van der Waals surface area (Å²) in [6.45, 7) is 3.81. The first-order valence-corrected chi connectivity index (χ1v) is 7.90. The lowest BCUT2D eigenvalue weighted by atomic mass is 10.2. The zero-order valence-corrected chi connectivity index (χ0v) is 14.6. The summed E-state index contributed by atoms with van der Waals surface area (Å²) in [6.07, 6.45) is 1.64. The molecule has 0 fully saturated rings. The first-order chi connectivity index (χ1) is 11.5. The lowest BCUT2D eigenvalue weighted by Gasteiger charge is -2.15. The highest BCUT2D eigenvalue weighted by Gasteiger charge is 2.12. The minimum atomic E-state index is -0.376. The predicted octanol–water partition coefficient (Wildman–Crippen LogP) is 3.01. The Morgan fingerprint density at radius 3 is 2.42 bits per heavy atom. The van der Waals surface area contributed by atoms with Gasteiger partial charge in [-0.25, -0.2) is 5.43 Å². The maximum Gasteiger partial charge on any atom is 0.262 e. The monoisotopic (exact) mass is 324 g/mol. The van der Waals surface area contributed by atoms with Crippen LogP contribution >= 0.6 is 0 Å². The van der Waals surface area contributed by atoms with E-state index in [4.69, 9.17) is 0 Å². The van der Waals surface area contributed by atoms with E-state index < -0.39 is 0 Å². The molecule has 0 spiro atoms. The Morgan fingerprint density at radius 2 is 1.79 bits per heavy atom. The fourth-order valence-electron chi connectivity index (χ4n) is 2.16. The second kappa shape index (κ2) is 8.15. The average molecular weight is 324 g/mol. The zero-order valence-electron chi connectivity index (χ0n) is 14.6. The van der Waals surface area contributed by atoms with Crippen molar-refractivity contribution >= 4 is 23.5 Å². The van der Waals surface area contributed by atoms with Crippen LogP contribution in [-0.4, -0.2) is 32.3 Å². The number of anilines is 2. The predicted molar refractivity (Wildman–Crippen MR) is 101 cm³/mol. The second-order valence-electron chi connectivity index (χ2n) is 5.90.